The second kappa shape index (κ2) is 7.34. The summed E-state index contributed by atoms with van der Waals surface area (Å²) in [6.07, 6.45) is 0.684. The average Bonchev–Trinajstić information content (AvgIpc) is 2.60. The van der Waals surface area contributed by atoms with E-state index in [-0.39, 0.29) is 17.9 Å². The van der Waals surface area contributed by atoms with E-state index < -0.39 is 0 Å². The molecule has 128 valence electrons. The van der Waals surface area contributed by atoms with Crippen molar-refractivity contribution in [3.05, 3.63) is 76.1 Å². The third-order valence-corrected chi connectivity index (χ3v) is 4.29. The molecule has 3 rings (SSSR count). The highest BCUT2D eigenvalue weighted by Crippen LogP contribution is 2.20. The topological polar surface area (TPSA) is 62.0 Å². The first-order chi connectivity index (χ1) is 12.0. The van der Waals surface area contributed by atoms with Gasteiger partial charge in [-0.3, -0.25) is 9.59 Å². The minimum Gasteiger partial charge on any atom is -0.326 e. The van der Waals surface area contributed by atoms with Crippen molar-refractivity contribution in [2.75, 3.05) is 5.32 Å². The van der Waals surface area contributed by atoms with Crippen LogP contribution in [0.4, 0.5) is 5.69 Å². The lowest BCUT2D eigenvalue weighted by Gasteiger charge is -2.08. The van der Waals surface area contributed by atoms with E-state index in [0.717, 1.165) is 16.6 Å². The van der Waals surface area contributed by atoms with Gasteiger partial charge in [-0.25, -0.2) is 0 Å². The Bertz CT molecular complexity index is 943. The Kier molecular flexibility index (Phi) is 4.98. The van der Waals surface area contributed by atoms with Crippen molar-refractivity contribution in [1.29, 1.82) is 0 Å². The number of nitrogens with one attached hydrogen (secondary N) is 2. The van der Waals surface area contributed by atoms with E-state index in [1.807, 2.05) is 48.5 Å². The van der Waals surface area contributed by atoms with Gasteiger partial charge in [-0.2, -0.15) is 0 Å². The van der Waals surface area contributed by atoms with Gasteiger partial charge in [0.15, 0.2) is 0 Å². The van der Waals surface area contributed by atoms with Gasteiger partial charge >= 0.3 is 0 Å². The Morgan fingerprint density at radius 2 is 1.84 bits per heavy atom. The molecule has 1 aromatic heterocycles. The Morgan fingerprint density at radius 3 is 2.56 bits per heavy atom. The van der Waals surface area contributed by atoms with Gasteiger partial charge < -0.3 is 10.3 Å². The molecule has 1 amide bonds. The molecule has 1 heterocycles. The van der Waals surface area contributed by atoms with Gasteiger partial charge in [0, 0.05) is 23.2 Å². The number of anilines is 1. The van der Waals surface area contributed by atoms with E-state index in [1.54, 1.807) is 0 Å². The van der Waals surface area contributed by atoms with E-state index in [2.05, 4.69) is 30.2 Å². The third kappa shape index (κ3) is 4.15. The highest BCUT2D eigenvalue weighted by Gasteiger charge is 2.08. The molecule has 2 aromatic carbocycles. The normalized spacial score (nSPS) is 11.0. The monoisotopic (exact) mass is 334 g/mol. The number of hydrogen-bond donors (Lipinski definition) is 2. The van der Waals surface area contributed by atoms with E-state index in [1.165, 1.54) is 5.56 Å². The van der Waals surface area contributed by atoms with Crippen LogP contribution in [0.15, 0.2) is 59.4 Å². The summed E-state index contributed by atoms with van der Waals surface area (Å²) in [6.45, 7) is 4.28. The summed E-state index contributed by atoms with van der Waals surface area (Å²) in [5, 5.41) is 3.85. The molecule has 0 fully saturated rings. The van der Waals surface area contributed by atoms with Gasteiger partial charge in [0.2, 0.25) is 5.91 Å². The fourth-order valence-corrected chi connectivity index (χ4v) is 2.81. The maximum absolute atomic E-state index is 12.2. The first-order valence-corrected chi connectivity index (χ1v) is 8.53. The summed E-state index contributed by atoms with van der Waals surface area (Å²) >= 11 is 0. The lowest BCUT2D eigenvalue weighted by molar-refractivity contribution is -0.116. The van der Waals surface area contributed by atoms with Crippen LogP contribution in [0, 0.1) is 0 Å². The Labute approximate surface area is 146 Å². The predicted octanol–water partition coefficient (Wildman–Crippen LogP) is 4.22. The van der Waals surface area contributed by atoms with E-state index in [4.69, 9.17) is 0 Å². The summed E-state index contributed by atoms with van der Waals surface area (Å²) in [7, 11) is 0. The first-order valence-electron chi connectivity index (χ1n) is 8.53. The van der Waals surface area contributed by atoms with Gasteiger partial charge in [-0.1, -0.05) is 38.1 Å². The van der Waals surface area contributed by atoms with Gasteiger partial charge in [-0.15, -0.1) is 0 Å². The molecule has 0 bridgehead atoms. The molecule has 0 saturated heterocycles. The van der Waals surface area contributed by atoms with Crippen molar-refractivity contribution >= 4 is 22.5 Å². The number of carbonyl (C=O) groups is 1. The molecular weight excluding hydrogens is 312 g/mol. The van der Waals surface area contributed by atoms with Gasteiger partial charge in [0.25, 0.3) is 5.56 Å². The van der Waals surface area contributed by atoms with Crippen molar-refractivity contribution in [1.82, 2.24) is 4.98 Å². The summed E-state index contributed by atoms with van der Waals surface area (Å²) < 4.78 is 0. The van der Waals surface area contributed by atoms with Crippen LogP contribution in [0.25, 0.3) is 10.9 Å². The molecule has 25 heavy (non-hydrogen) atoms. The zero-order chi connectivity index (χ0) is 17.8. The van der Waals surface area contributed by atoms with Gasteiger partial charge in [-0.05, 0) is 53.6 Å². The van der Waals surface area contributed by atoms with Crippen molar-refractivity contribution in [2.24, 2.45) is 0 Å². The van der Waals surface area contributed by atoms with E-state index >= 15 is 0 Å². The van der Waals surface area contributed by atoms with Crippen LogP contribution in [0.2, 0.25) is 0 Å². The third-order valence-electron chi connectivity index (χ3n) is 4.29. The number of aromatic amines is 1. The number of carbonyl (C=O) groups excluding carboxylic acids is 1. The molecule has 0 unspecified atom stereocenters. The largest absolute Gasteiger partial charge is 0.326 e. The summed E-state index contributed by atoms with van der Waals surface area (Å²) in [4.78, 5) is 27.2. The molecule has 4 heteroatoms. The maximum atomic E-state index is 12.2. The Morgan fingerprint density at radius 1 is 1.08 bits per heavy atom. The number of para-hydroxylation sites is 1. The smallest absolute Gasteiger partial charge is 0.251 e. The lowest BCUT2D eigenvalue weighted by Crippen LogP contribution is -2.17. The van der Waals surface area contributed by atoms with Crippen molar-refractivity contribution < 1.29 is 4.79 Å². The zero-order valence-electron chi connectivity index (χ0n) is 14.5. The highest BCUT2D eigenvalue weighted by atomic mass is 16.1. The summed E-state index contributed by atoms with van der Waals surface area (Å²) in [6, 6.07) is 17.3. The number of fused-ring (bicyclic) bond motifs is 1. The number of aromatic nitrogens is 1. The fourth-order valence-electron chi connectivity index (χ4n) is 2.81. The second-order valence-corrected chi connectivity index (χ2v) is 6.54. The number of amides is 1. The summed E-state index contributed by atoms with van der Waals surface area (Å²) in [5.74, 6) is 0.332. The molecule has 4 nitrogen and oxygen atoms in total. The predicted molar refractivity (Wildman–Crippen MR) is 102 cm³/mol. The van der Waals surface area contributed by atoms with Crippen LogP contribution in [0.5, 0.6) is 0 Å². The number of pyridine rings is 1. The highest BCUT2D eigenvalue weighted by molar-refractivity contribution is 5.90. The van der Waals surface area contributed by atoms with Crippen molar-refractivity contribution in [3.63, 3.8) is 0 Å². The molecule has 0 aliphatic carbocycles. The summed E-state index contributed by atoms with van der Waals surface area (Å²) in [5.41, 5.74) is 3.33. The van der Waals surface area contributed by atoms with Crippen LogP contribution in [0.3, 0.4) is 0 Å². The van der Waals surface area contributed by atoms with Gasteiger partial charge in [0.05, 0.1) is 0 Å². The van der Waals surface area contributed by atoms with Crippen LogP contribution in [-0.4, -0.2) is 10.9 Å². The van der Waals surface area contributed by atoms with Crippen molar-refractivity contribution in [2.45, 2.75) is 32.6 Å². The Balaban J connectivity index is 1.75. The molecule has 0 radical (unpaired) electrons. The molecule has 0 aliphatic heterocycles. The van der Waals surface area contributed by atoms with Gasteiger partial charge in [0.1, 0.15) is 0 Å². The van der Waals surface area contributed by atoms with Crippen LogP contribution in [0.1, 0.15) is 37.3 Å². The van der Waals surface area contributed by atoms with Crippen LogP contribution < -0.4 is 10.9 Å². The van der Waals surface area contributed by atoms with E-state index in [0.29, 0.717) is 17.9 Å². The lowest BCUT2D eigenvalue weighted by atomic mass is 10.00. The molecule has 3 aromatic rings. The molecule has 0 aliphatic rings. The first kappa shape index (κ1) is 17.0. The molecule has 2 N–H and O–H groups in total. The minimum atomic E-state index is -0.127. The van der Waals surface area contributed by atoms with Crippen molar-refractivity contribution in [3.8, 4) is 0 Å². The average molecular weight is 334 g/mol. The molecular formula is C21H22N2O2. The minimum absolute atomic E-state index is 0.0957. The van der Waals surface area contributed by atoms with E-state index in [9.17, 15) is 9.59 Å². The quantitative estimate of drug-likeness (QED) is 0.734. The zero-order valence-corrected chi connectivity index (χ0v) is 14.5. The molecule has 0 spiro atoms. The SMILES string of the molecule is CC(C)c1ccc2[nH]c(=O)c(CCC(=O)Nc3ccccc3)cc2c1. The fraction of sp³-hybridized carbons (Fsp3) is 0.238. The number of benzene rings is 2. The number of rotatable bonds is 5. The molecule has 0 atom stereocenters. The number of aryl methyl sites for hydroxylation is 1. The maximum Gasteiger partial charge on any atom is 0.251 e. The number of hydrogen-bond acceptors (Lipinski definition) is 2. The molecule has 0 saturated carbocycles. The van der Waals surface area contributed by atoms with Crippen LogP contribution >= 0.6 is 0 Å². The standard InChI is InChI=1S/C21H22N2O2/c1-14(2)15-8-10-19-17(12-15)13-16(21(25)23-19)9-11-20(24)22-18-6-4-3-5-7-18/h3-8,10,12-14H,9,11H2,1-2H3,(H,22,24)(H,23,25). The second-order valence-electron chi connectivity index (χ2n) is 6.54. The Hall–Kier alpha value is -2.88. The van der Waals surface area contributed by atoms with Crippen LogP contribution in [-0.2, 0) is 11.2 Å². The number of H-pyrrole nitrogens is 1.